The molecule has 208 valence electrons. The smallest absolute Gasteiger partial charge is 0.255 e. The van der Waals surface area contributed by atoms with Gasteiger partial charge in [-0.15, -0.1) is 11.3 Å². The third kappa shape index (κ3) is 6.80. The normalized spacial score (nSPS) is 15.3. The lowest BCUT2D eigenvalue weighted by Crippen LogP contribution is -2.28. The molecule has 2 heterocycles. The molecule has 0 fully saturated rings. The van der Waals surface area contributed by atoms with Crippen molar-refractivity contribution < 1.29 is 13.9 Å². The first-order valence-corrected chi connectivity index (χ1v) is 14.9. The number of fused-ring (bicyclic) bond motifs is 1. The number of hydrogen-bond donors (Lipinski definition) is 1. The van der Waals surface area contributed by atoms with Gasteiger partial charge in [-0.2, -0.15) is 0 Å². The van der Waals surface area contributed by atoms with Crippen LogP contribution in [-0.2, 0) is 26.0 Å². The van der Waals surface area contributed by atoms with Crippen LogP contribution < -0.4 is 10.1 Å². The number of nitrogens with one attached hydrogen (secondary N) is 1. The molecule has 0 radical (unpaired) electrons. The van der Waals surface area contributed by atoms with Crippen LogP contribution in [0.15, 0.2) is 70.3 Å². The third-order valence-corrected chi connectivity index (χ3v) is 9.07. The van der Waals surface area contributed by atoms with Crippen molar-refractivity contribution in [3.63, 3.8) is 0 Å². The number of benzene rings is 2. The fourth-order valence-electron chi connectivity index (χ4n) is 4.89. The van der Waals surface area contributed by atoms with Crippen LogP contribution in [-0.4, -0.2) is 12.1 Å². The van der Waals surface area contributed by atoms with Crippen molar-refractivity contribution in [3.8, 4) is 5.75 Å². The number of rotatable bonds is 8. The molecular formula is C32H32Cl2N2O3S. The molecule has 2 aromatic carbocycles. The lowest BCUT2D eigenvalue weighted by atomic mass is 9.72. The highest BCUT2D eigenvalue weighted by Crippen LogP contribution is 2.45. The van der Waals surface area contributed by atoms with Crippen molar-refractivity contribution in [3.05, 3.63) is 104 Å². The number of thiophene rings is 1. The molecule has 2 aromatic heterocycles. The quantitative estimate of drug-likeness (QED) is 0.207. The summed E-state index contributed by atoms with van der Waals surface area (Å²) in [6, 6.07) is 16.7. The maximum atomic E-state index is 13.4. The molecule has 5 rings (SSSR count). The summed E-state index contributed by atoms with van der Waals surface area (Å²) in [5, 5.41) is 4.94. The van der Waals surface area contributed by atoms with E-state index >= 15 is 0 Å². The van der Waals surface area contributed by atoms with Crippen molar-refractivity contribution in [1.82, 2.24) is 5.32 Å². The molecule has 5 nitrogen and oxygen atoms in total. The van der Waals surface area contributed by atoms with E-state index in [-0.39, 0.29) is 11.3 Å². The molecule has 0 saturated carbocycles. The van der Waals surface area contributed by atoms with Gasteiger partial charge in [0, 0.05) is 26.7 Å². The van der Waals surface area contributed by atoms with E-state index in [9.17, 15) is 4.79 Å². The molecule has 0 aliphatic heterocycles. The van der Waals surface area contributed by atoms with Gasteiger partial charge in [-0.25, -0.2) is 4.99 Å². The first-order chi connectivity index (χ1) is 19.2. The van der Waals surface area contributed by atoms with Gasteiger partial charge in [-0.05, 0) is 90.3 Å². The number of furan rings is 1. The van der Waals surface area contributed by atoms with E-state index in [1.54, 1.807) is 29.7 Å². The van der Waals surface area contributed by atoms with Crippen LogP contribution >= 0.6 is 34.5 Å². The van der Waals surface area contributed by atoms with Crippen molar-refractivity contribution in [2.24, 2.45) is 16.3 Å². The average molecular weight is 596 g/mol. The van der Waals surface area contributed by atoms with E-state index in [0.29, 0.717) is 34.7 Å². The Hall–Kier alpha value is -3.06. The first kappa shape index (κ1) is 28.5. The Morgan fingerprint density at radius 2 is 1.98 bits per heavy atom. The Morgan fingerprint density at radius 1 is 1.18 bits per heavy atom. The van der Waals surface area contributed by atoms with E-state index in [1.807, 2.05) is 48.7 Å². The fraction of sp³-hybridized carbons (Fsp3) is 0.312. The highest BCUT2D eigenvalue weighted by atomic mass is 35.5. The number of amides is 1. The minimum Gasteiger partial charge on any atom is -0.489 e. The topological polar surface area (TPSA) is 63.8 Å². The van der Waals surface area contributed by atoms with Gasteiger partial charge >= 0.3 is 0 Å². The second-order valence-electron chi connectivity index (χ2n) is 11.1. The predicted octanol–water partition coefficient (Wildman–Crippen LogP) is 9.06. The zero-order chi connectivity index (χ0) is 28.3. The lowest BCUT2D eigenvalue weighted by molar-refractivity contribution is 0.0947. The molecule has 1 amide bonds. The molecule has 1 atom stereocenters. The Labute approximate surface area is 249 Å². The first-order valence-electron chi connectivity index (χ1n) is 13.3. The highest BCUT2D eigenvalue weighted by molar-refractivity contribution is 7.16. The molecule has 0 bridgehead atoms. The highest BCUT2D eigenvalue weighted by Gasteiger charge is 2.33. The van der Waals surface area contributed by atoms with Crippen LogP contribution in [0.4, 0.5) is 5.00 Å². The van der Waals surface area contributed by atoms with E-state index in [1.165, 1.54) is 4.88 Å². The van der Waals surface area contributed by atoms with Gasteiger partial charge in [0.1, 0.15) is 23.1 Å². The molecule has 1 N–H and O–H groups in total. The van der Waals surface area contributed by atoms with E-state index in [0.717, 1.165) is 52.5 Å². The van der Waals surface area contributed by atoms with Gasteiger partial charge in [0.05, 0.1) is 18.4 Å². The summed E-state index contributed by atoms with van der Waals surface area (Å²) >= 11 is 13.9. The number of halogens is 2. The Balaban J connectivity index is 1.33. The number of carbonyl (C=O) groups is 1. The Morgan fingerprint density at radius 3 is 2.67 bits per heavy atom. The number of aliphatic imine (C=N–C) groups is 1. The summed E-state index contributed by atoms with van der Waals surface area (Å²) in [6.07, 6.45) is 6.34. The van der Waals surface area contributed by atoms with Crippen LogP contribution in [0, 0.1) is 11.3 Å². The SMILES string of the molecule is CC(C)(C)[C@H]1CCc2c(sc(N=Cc3ccc(OCc4ccc(Cl)cc4Cl)cc3)c2C(=O)NCc2ccco2)C1. The Kier molecular flexibility index (Phi) is 8.69. The number of nitrogens with zero attached hydrogens (tertiary/aromatic N) is 1. The van der Waals surface area contributed by atoms with Crippen LogP contribution in [0.3, 0.4) is 0 Å². The second-order valence-corrected chi connectivity index (χ2v) is 13.0. The van der Waals surface area contributed by atoms with Crippen molar-refractivity contribution in [2.45, 2.75) is 53.2 Å². The maximum absolute atomic E-state index is 13.4. The summed E-state index contributed by atoms with van der Waals surface area (Å²) in [4.78, 5) is 19.5. The number of carbonyl (C=O) groups excluding carboxylic acids is 1. The summed E-state index contributed by atoms with van der Waals surface area (Å²) in [7, 11) is 0. The molecule has 4 aromatic rings. The summed E-state index contributed by atoms with van der Waals surface area (Å²) < 4.78 is 11.3. The molecule has 1 aliphatic rings. The molecular weight excluding hydrogens is 563 g/mol. The average Bonchev–Trinajstić information content (AvgIpc) is 3.57. The van der Waals surface area contributed by atoms with Gasteiger partial charge in [-0.1, -0.05) is 50.0 Å². The van der Waals surface area contributed by atoms with Crippen molar-refractivity contribution in [1.29, 1.82) is 0 Å². The standard InChI is InChI=1S/C32H32Cl2N2O3S/c1-32(2,3)22-9-13-26-28(15-22)40-31(29(26)30(37)35-18-25-5-4-14-38-25)36-17-20-6-11-24(12-7-20)39-19-21-8-10-23(33)16-27(21)34/h4-8,10-12,14,16-17,22H,9,13,15,18-19H2,1-3H3,(H,35,37)/t22-/m0/s1. The van der Waals surface area contributed by atoms with Crippen LogP contribution in [0.1, 0.15) is 64.9 Å². The zero-order valence-corrected chi connectivity index (χ0v) is 25.1. The summed E-state index contributed by atoms with van der Waals surface area (Å²) in [5.74, 6) is 1.90. The second kappa shape index (κ2) is 12.2. The van der Waals surface area contributed by atoms with Gasteiger partial charge in [0.15, 0.2) is 0 Å². The van der Waals surface area contributed by atoms with Crippen LogP contribution in [0.25, 0.3) is 0 Å². The Bertz CT molecular complexity index is 1500. The molecule has 8 heteroatoms. The summed E-state index contributed by atoms with van der Waals surface area (Å²) in [6.45, 7) is 7.57. The van der Waals surface area contributed by atoms with Crippen LogP contribution in [0.2, 0.25) is 10.0 Å². The monoisotopic (exact) mass is 594 g/mol. The third-order valence-electron chi connectivity index (χ3n) is 7.32. The van der Waals surface area contributed by atoms with Gasteiger partial charge in [-0.3, -0.25) is 4.79 Å². The maximum Gasteiger partial charge on any atom is 0.255 e. The molecule has 0 saturated heterocycles. The van der Waals surface area contributed by atoms with Gasteiger partial charge in [0.2, 0.25) is 0 Å². The number of ether oxygens (including phenoxy) is 1. The molecule has 40 heavy (non-hydrogen) atoms. The van der Waals surface area contributed by atoms with E-state index in [2.05, 4.69) is 26.1 Å². The van der Waals surface area contributed by atoms with E-state index in [4.69, 9.17) is 37.3 Å². The van der Waals surface area contributed by atoms with E-state index < -0.39 is 0 Å². The zero-order valence-electron chi connectivity index (χ0n) is 22.8. The molecule has 0 spiro atoms. The molecule has 1 aliphatic carbocycles. The van der Waals surface area contributed by atoms with Crippen LogP contribution in [0.5, 0.6) is 5.75 Å². The largest absolute Gasteiger partial charge is 0.489 e. The van der Waals surface area contributed by atoms with Gasteiger partial charge in [0.25, 0.3) is 5.91 Å². The molecule has 0 unspecified atom stereocenters. The van der Waals surface area contributed by atoms with Gasteiger partial charge < -0.3 is 14.5 Å². The van der Waals surface area contributed by atoms with Crippen molar-refractivity contribution in [2.75, 3.05) is 0 Å². The number of hydrogen-bond acceptors (Lipinski definition) is 5. The minimum absolute atomic E-state index is 0.111. The lowest BCUT2D eigenvalue weighted by Gasteiger charge is -2.33. The fourth-order valence-corrected chi connectivity index (χ4v) is 6.62. The summed E-state index contributed by atoms with van der Waals surface area (Å²) in [5.41, 5.74) is 3.83. The van der Waals surface area contributed by atoms with Crippen molar-refractivity contribution >= 4 is 51.7 Å². The predicted molar refractivity (Wildman–Crippen MR) is 164 cm³/mol. The minimum atomic E-state index is -0.111.